The van der Waals surface area contributed by atoms with Gasteiger partial charge in [-0.25, -0.2) is 12.8 Å². The lowest BCUT2D eigenvalue weighted by atomic mass is 9.97. The molecule has 2 aromatic rings. The summed E-state index contributed by atoms with van der Waals surface area (Å²) < 4.78 is 39.9. The molecule has 1 heterocycles. The first kappa shape index (κ1) is 20.8. The van der Waals surface area contributed by atoms with E-state index in [-0.39, 0.29) is 35.6 Å². The van der Waals surface area contributed by atoms with Crippen LogP contribution in [0.1, 0.15) is 24.8 Å². The first-order chi connectivity index (χ1) is 13.3. The van der Waals surface area contributed by atoms with Gasteiger partial charge in [0.05, 0.1) is 4.90 Å². The fraction of sp³-hybridized carbons (Fsp3) is 0.350. The Hall–Kier alpha value is -1.96. The summed E-state index contributed by atoms with van der Waals surface area (Å²) in [5.41, 5.74) is 0.902. The lowest BCUT2D eigenvalue weighted by Gasteiger charge is -2.34. The first-order valence-electron chi connectivity index (χ1n) is 9.06. The zero-order valence-corrected chi connectivity index (χ0v) is 17.1. The van der Waals surface area contributed by atoms with E-state index < -0.39 is 10.0 Å². The Bertz CT molecular complexity index is 925. The average Bonchev–Trinajstić information content (AvgIpc) is 2.69. The van der Waals surface area contributed by atoms with Crippen molar-refractivity contribution in [2.24, 2.45) is 0 Å². The van der Waals surface area contributed by atoms with Gasteiger partial charge in [0, 0.05) is 37.6 Å². The Morgan fingerprint density at radius 1 is 1.04 bits per heavy atom. The molecule has 1 amide bonds. The maximum absolute atomic E-state index is 13.0. The number of carbonyl (C=O) groups is 1. The highest BCUT2D eigenvalue weighted by atomic mass is 35.5. The van der Waals surface area contributed by atoms with E-state index in [0.29, 0.717) is 24.5 Å². The van der Waals surface area contributed by atoms with Gasteiger partial charge >= 0.3 is 0 Å². The topological polar surface area (TPSA) is 57.7 Å². The third-order valence-electron chi connectivity index (χ3n) is 4.96. The predicted molar refractivity (Wildman–Crippen MR) is 106 cm³/mol. The van der Waals surface area contributed by atoms with E-state index in [4.69, 9.17) is 11.6 Å². The second kappa shape index (κ2) is 8.59. The van der Waals surface area contributed by atoms with Gasteiger partial charge in [-0.3, -0.25) is 4.79 Å². The molecule has 2 aromatic carbocycles. The Morgan fingerprint density at radius 2 is 1.61 bits per heavy atom. The van der Waals surface area contributed by atoms with Crippen LogP contribution in [0.4, 0.5) is 4.39 Å². The fourth-order valence-electron chi connectivity index (χ4n) is 3.23. The lowest BCUT2D eigenvalue weighted by molar-refractivity contribution is -0.132. The van der Waals surface area contributed by atoms with Crippen molar-refractivity contribution in [2.45, 2.75) is 24.2 Å². The van der Waals surface area contributed by atoms with Gasteiger partial charge in [-0.05, 0) is 47.9 Å². The Balaban J connectivity index is 1.57. The summed E-state index contributed by atoms with van der Waals surface area (Å²) in [6.07, 6.45) is 0.301. The van der Waals surface area contributed by atoms with E-state index in [1.165, 1.54) is 28.6 Å². The molecule has 3 rings (SSSR count). The molecule has 1 unspecified atom stereocenters. The SMILES string of the molecule is CC(CC(=O)N1CCN(S(=O)(=O)c2ccc(Cl)cc2)CC1)c1ccc(F)cc1. The molecular formula is C20H22ClFN2O3S. The molecule has 5 nitrogen and oxygen atoms in total. The number of halogens is 2. The molecule has 8 heteroatoms. The molecule has 0 radical (unpaired) electrons. The number of carbonyl (C=O) groups excluding carboxylic acids is 1. The minimum absolute atomic E-state index is 0.0274. The molecule has 0 N–H and O–H groups in total. The van der Waals surface area contributed by atoms with E-state index in [1.54, 1.807) is 29.2 Å². The van der Waals surface area contributed by atoms with Crippen LogP contribution < -0.4 is 0 Å². The number of benzene rings is 2. The summed E-state index contributed by atoms with van der Waals surface area (Å²) in [5.74, 6) is -0.371. The third-order valence-corrected chi connectivity index (χ3v) is 7.13. The van der Waals surface area contributed by atoms with Crippen molar-refractivity contribution in [3.05, 3.63) is 64.9 Å². The van der Waals surface area contributed by atoms with Crippen molar-refractivity contribution in [2.75, 3.05) is 26.2 Å². The normalized spacial score (nSPS) is 16.8. The molecule has 0 spiro atoms. The van der Waals surface area contributed by atoms with Gasteiger partial charge < -0.3 is 4.90 Å². The van der Waals surface area contributed by atoms with Crippen molar-refractivity contribution >= 4 is 27.5 Å². The number of hydrogen-bond donors (Lipinski definition) is 0. The molecule has 1 saturated heterocycles. The van der Waals surface area contributed by atoms with Crippen molar-refractivity contribution in [3.63, 3.8) is 0 Å². The first-order valence-corrected chi connectivity index (χ1v) is 10.9. The van der Waals surface area contributed by atoms with Gasteiger partial charge in [0.1, 0.15) is 5.82 Å². The minimum atomic E-state index is -3.60. The Kier molecular flexibility index (Phi) is 6.37. The van der Waals surface area contributed by atoms with Crippen LogP contribution in [0.15, 0.2) is 53.4 Å². The van der Waals surface area contributed by atoms with Crippen molar-refractivity contribution < 1.29 is 17.6 Å². The van der Waals surface area contributed by atoms with Crippen LogP contribution in [0.5, 0.6) is 0 Å². The Labute approximate surface area is 169 Å². The van der Waals surface area contributed by atoms with Crippen LogP contribution in [-0.4, -0.2) is 49.7 Å². The van der Waals surface area contributed by atoms with Crippen molar-refractivity contribution in [1.29, 1.82) is 0 Å². The molecule has 0 saturated carbocycles. The minimum Gasteiger partial charge on any atom is -0.340 e. The number of hydrogen-bond acceptors (Lipinski definition) is 3. The van der Waals surface area contributed by atoms with Gasteiger partial charge in [0.15, 0.2) is 0 Å². The second-order valence-electron chi connectivity index (χ2n) is 6.90. The third kappa shape index (κ3) is 4.71. The largest absolute Gasteiger partial charge is 0.340 e. The number of rotatable bonds is 5. The van der Waals surface area contributed by atoms with E-state index in [1.807, 2.05) is 6.92 Å². The van der Waals surface area contributed by atoms with E-state index in [0.717, 1.165) is 5.56 Å². The van der Waals surface area contributed by atoms with Gasteiger partial charge in [0.25, 0.3) is 0 Å². The Morgan fingerprint density at radius 3 is 2.18 bits per heavy atom. The molecule has 0 bridgehead atoms. The fourth-order valence-corrected chi connectivity index (χ4v) is 4.78. The highest BCUT2D eigenvalue weighted by Crippen LogP contribution is 2.23. The quantitative estimate of drug-likeness (QED) is 0.738. The molecule has 1 aliphatic rings. The van der Waals surface area contributed by atoms with Gasteiger partial charge in [-0.15, -0.1) is 0 Å². The summed E-state index contributed by atoms with van der Waals surface area (Å²) in [6, 6.07) is 12.2. The highest BCUT2D eigenvalue weighted by Gasteiger charge is 2.30. The smallest absolute Gasteiger partial charge is 0.243 e. The lowest BCUT2D eigenvalue weighted by Crippen LogP contribution is -2.50. The number of nitrogens with zero attached hydrogens (tertiary/aromatic N) is 2. The molecule has 28 heavy (non-hydrogen) atoms. The molecule has 1 fully saturated rings. The van der Waals surface area contributed by atoms with E-state index in [9.17, 15) is 17.6 Å². The van der Waals surface area contributed by atoms with Crippen LogP contribution in [0.25, 0.3) is 0 Å². The van der Waals surface area contributed by atoms with E-state index >= 15 is 0 Å². The van der Waals surface area contributed by atoms with Crippen LogP contribution in [0.2, 0.25) is 5.02 Å². The van der Waals surface area contributed by atoms with Crippen LogP contribution in [0, 0.1) is 5.82 Å². The van der Waals surface area contributed by atoms with Crippen LogP contribution >= 0.6 is 11.6 Å². The summed E-state index contributed by atoms with van der Waals surface area (Å²) in [5, 5.41) is 0.477. The van der Waals surface area contributed by atoms with E-state index in [2.05, 4.69) is 0 Å². The molecule has 0 aromatic heterocycles. The second-order valence-corrected chi connectivity index (χ2v) is 9.27. The highest BCUT2D eigenvalue weighted by molar-refractivity contribution is 7.89. The van der Waals surface area contributed by atoms with Gasteiger partial charge in [0.2, 0.25) is 15.9 Å². The molecule has 1 atom stereocenters. The van der Waals surface area contributed by atoms with Crippen LogP contribution in [0.3, 0.4) is 0 Å². The monoisotopic (exact) mass is 424 g/mol. The summed E-state index contributed by atoms with van der Waals surface area (Å²) in [6.45, 7) is 3.12. The standard InChI is InChI=1S/C20H22ClFN2O3S/c1-15(16-2-6-18(22)7-3-16)14-20(25)23-10-12-24(13-11-23)28(26,27)19-8-4-17(21)5-9-19/h2-9,15H,10-14H2,1H3. The van der Waals surface area contributed by atoms with Gasteiger partial charge in [-0.2, -0.15) is 4.31 Å². The molecule has 1 aliphatic heterocycles. The number of piperazine rings is 1. The van der Waals surface area contributed by atoms with Crippen molar-refractivity contribution in [3.8, 4) is 0 Å². The number of sulfonamides is 1. The predicted octanol–water partition coefficient (Wildman–Crippen LogP) is 3.51. The zero-order chi connectivity index (χ0) is 20.3. The van der Waals surface area contributed by atoms with Crippen LogP contribution in [-0.2, 0) is 14.8 Å². The zero-order valence-electron chi connectivity index (χ0n) is 15.5. The maximum Gasteiger partial charge on any atom is 0.243 e. The average molecular weight is 425 g/mol. The summed E-state index contributed by atoms with van der Waals surface area (Å²) in [4.78, 5) is 14.5. The van der Waals surface area contributed by atoms with Gasteiger partial charge in [-0.1, -0.05) is 30.7 Å². The number of amides is 1. The van der Waals surface area contributed by atoms with Crippen molar-refractivity contribution in [1.82, 2.24) is 9.21 Å². The molecule has 150 valence electrons. The summed E-state index contributed by atoms with van der Waals surface area (Å²) >= 11 is 5.82. The molecular weight excluding hydrogens is 403 g/mol. The summed E-state index contributed by atoms with van der Waals surface area (Å²) in [7, 11) is -3.60. The maximum atomic E-state index is 13.0. The molecule has 0 aliphatic carbocycles.